The van der Waals surface area contributed by atoms with Crippen molar-refractivity contribution in [1.29, 1.82) is 0 Å². The van der Waals surface area contributed by atoms with Crippen LogP contribution in [0.25, 0.3) is 0 Å². The molecule has 0 saturated heterocycles. The van der Waals surface area contributed by atoms with Gasteiger partial charge in [-0.25, -0.2) is 4.39 Å². The van der Waals surface area contributed by atoms with E-state index >= 15 is 0 Å². The Morgan fingerprint density at radius 2 is 2.26 bits per heavy atom. The largest absolute Gasteiger partial charge is 0.396 e. The highest BCUT2D eigenvalue weighted by Crippen LogP contribution is 2.18. The molecular weight excluding hydrogens is 271 g/mol. The van der Waals surface area contributed by atoms with Gasteiger partial charge in [0, 0.05) is 11.4 Å². The summed E-state index contributed by atoms with van der Waals surface area (Å²) in [5.74, 6) is -0.552. The zero-order chi connectivity index (χ0) is 14.4. The average molecular weight is 288 g/mol. The van der Waals surface area contributed by atoms with Gasteiger partial charge in [0.15, 0.2) is 0 Å². The van der Waals surface area contributed by atoms with E-state index in [2.05, 4.69) is 5.32 Å². The summed E-state index contributed by atoms with van der Waals surface area (Å²) in [5.41, 5.74) is 5.78. The summed E-state index contributed by atoms with van der Waals surface area (Å²) in [6.45, 7) is 1.34. The fourth-order valence-electron chi connectivity index (χ4n) is 1.25. The van der Waals surface area contributed by atoms with Crippen LogP contribution in [-0.4, -0.2) is 39.8 Å². The first-order valence-corrected chi connectivity index (χ1v) is 6.75. The minimum absolute atomic E-state index is 0.0335. The summed E-state index contributed by atoms with van der Waals surface area (Å²) in [6, 6.07) is 3.94. The molecule has 1 aromatic rings. The maximum atomic E-state index is 13.0. The molecule has 0 bridgehead atoms. The van der Waals surface area contributed by atoms with Gasteiger partial charge in [-0.05, 0) is 25.1 Å². The van der Waals surface area contributed by atoms with Crippen molar-refractivity contribution in [3.63, 3.8) is 0 Å². The number of carbonyl (C=O) groups excluding carboxylic acids is 1. The van der Waals surface area contributed by atoms with E-state index in [0.29, 0.717) is 5.69 Å². The summed E-state index contributed by atoms with van der Waals surface area (Å²) in [4.78, 5) is 11.8. The lowest BCUT2D eigenvalue weighted by molar-refractivity contribution is -0.115. The minimum Gasteiger partial charge on any atom is -0.396 e. The van der Waals surface area contributed by atoms with Gasteiger partial charge in [0.2, 0.25) is 5.91 Å². The van der Waals surface area contributed by atoms with Gasteiger partial charge in [-0.15, -0.1) is 11.8 Å². The van der Waals surface area contributed by atoms with Crippen LogP contribution in [0.5, 0.6) is 0 Å². The molecule has 1 aromatic carbocycles. The molecule has 1 amide bonds. The monoisotopic (exact) mass is 288 g/mol. The van der Waals surface area contributed by atoms with Crippen LogP contribution in [0.1, 0.15) is 6.92 Å². The van der Waals surface area contributed by atoms with Crippen molar-refractivity contribution in [3.05, 3.63) is 24.0 Å². The number of nitrogens with one attached hydrogen (secondary N) is 1. The number of amides is 1. The van der Waals surface area contributed by atoms with E-state index in [0.717, 1.165) is 0 Å². The van der Waals surface area contributed by atoms with Crippen molar-refractivity contribution in [2.45, 2.75) is 18.3 Å². The Balaban J connectivity index is 2.51. The molecule has 0 saturated carbocycles. The van der Waals surface area contributed by atoms with Gasteiger partial charge in [-0.1, -0.05) is 0 Å². The Morgan fingerprint density at radius 1 is 1.58 bits per heavy atom. The summed E-state index contributed by atoms with van der Waals surface area (Å²) >= 11 is 1.22. The third-order valence-electron chi connectivity index (χ3n) is 2.38. The molecule has 106 valence electrons. The molecule has 19 heavy (non-hydrogen) atoms. The maximum absolute atomic E-state index is 13.0. The predicted octanol–water partition coefficient (Wildman–Crippen LogP) is 0.821. The van der Waals surface area contributed by atoms with Crippen LogP contribution in [0, 0.1) is 5.82 Å². The summed E-state index contributed by atoms with van der Waals surface area (Å²) < 4.78 is 13.0. The smallest absolute Gasteiger partial charge is 0.237 e. The van der Waals surface area contributed by atoms with E-state index in [-0.39, 0.29) is 24.0 Å². The lowest BCUT2D eigenvalue weighted by Crippen LogP contribution is -2.25. The van der Waals surface area contributed by atoms with Gasteiger partial charge in [-0.2, -0.15) is 0 Å². The number of rotatable bonds is 6. The quantitative estimate of drug-likeness (QED) is 0.581. The van der Waals surface area contributed by atoms with Crippen molar-refractivity contribution in [2.24, 2.45) is 0 Å². The molecule has 2 atom stereocenters. The van der Waals surface area contributed by atoms with E-state index < -0.39 is 17.2 Å². The first-order chi connectivity index (χ1) is 8.93. The molecule has 5 N–H and O–H groups in total. The van der Waals surface area contributed by atoms with Crippen LogP contribution < -0.4 is 11.1 Å². The molecule has 5 nitrogen and oxygen atoms in total. The molecule has 0 heterocycles. The first kappa shape index (κ1) is 15.7. The number of halogens is 1. The topological polar surface area (TPSA) is 95.6 Å². The Bertz CT molecular complexity index is 445. The zero-order valence-corrected chi connectivity index (χ0v) is 11.3. The maximum Gasteiger partial charge on any atom is 0.237 e. The highest BCUT2D eigenvalue weighted by Gasteiger charge is 2.15. The second-order valence-corrected chi connectivity index (χ2v) is 5.41. The highest BCUT2D eigenvalue weighted by atomic mass is 32.2. The third kappa shape index (κ3) is 5.06. The van der Waals surface area contributed by atoms with Gasteiger partial charge in [0.05, 0.1) is 23.6 Å². The van der Waals surface area contributed by atoms with Crippen molar-refractivity contribution in [1.82, 2.24) is 0 Å². The number of benzene rings is 1. The third-order valence-corrected chi connectivity index (χ3v) is 3.67. The Hall–Kier alpha value is -1.31. The fourth-order valence-corrected chi connectivity index (χ4v) is 2.08. The first-order valence-electron chi connectivity index (χ1n) is 5.70. The van der Waals surface area contributed by atoms with Crippen LogP contribution in [0.15, 0.2) is 18.2 Å². The summed E-state index contributed by atoms with van der Waals surface area (Å²) in [7, 11) is 0. The number of hydrogen-bond acceptors (Lipinski definition) is 5. The summed E-state index contributed by atoms with van der Waals surface area (Å²) in [5, 5.41) is 20.0. The number of aliphatic hydroxyl groups excluding tert-OH is 2. The van der Waals surface area contributed by atoms with Crippen molar-refractivity contribution in [3.8, 4) is 0 Å². The van der Waals surface area contributed by atoms with E-state index in [1.807, 2.05) is 0 Å². The van der Waals surface area contributed by atoms with Gasteiger partial charge >= 0.3 is 0 Å². The number of nitrogen functional groups attached to an aromatic ring is 1. The van der Waals surface area contributed by atoms with Gasteiger partial charge in [-0.3, -0.25) is 4.79 Å². The lowest BCUT2D eigenvalue weighted by Gasteiger charge is -2.14. The number of nitrogens with two attached hydrogens (primary N) is 1. The van der Waals surface area contributed by atoms with E-state index in [1.165, 1.54) is 30.0 Å². The predicted molar refractivity (Wildman–Crippen MR) is 74.5 cm³/mol. The number of aliphatic hydroxyl groups is 2. The lowest BCUT2D eigenvalue weighted by atomic mass is 10.2. The van der Waals surface area contributed by atoms with E-state index in [4.69, 9.17) is 10.8 Å². The molecule has 0 aliphatic rings. The fraction of sp³-hybridized carbons (Fsp3) is 0.417. The van der Waals surface area contributed by atoms with Gasteiger partial charge < -0.3 is 21.3 Å². The molecule has 0 spiro atoms. The van der Waals surface area contributed by atoms with Crippen LogP contribution in [-0.2, 0) is 4.79 Å². The Labute approximate surface area is 115 Å². The van der Waals surface area contributed by atoms with Crippen LogP contribution >= 0.6 is 11.8 Å². The Kier molecular flexibility index (Phi) is 6.07. The number of anilines is 2. The van der Waals surface area contributed by atoms with Crippen LogP contribution in [0.3, 0.4) is 0 Å². The summed E-state index contributed by atoms with van der Waals surface area (Å²) in [6.07, 6.45) is -0.846. The van der Waals surface area contributed by atoms with Gasteiger partial charge in [0.1, 0.15) is 5.82 Å². The molecule has 2 unspecified atom stereocenters. The second-order valence-electron chi connectivity index (χ2n) is 4.04. The SMILES string of the molecule is CC(SCC(O)CO)C(=O)Nc1ccc(F)c(N)c1. The molecule has 7 heteroatoms. The standard InChI is InChI=1S/C12H17FN2O3S/c1-7(19-6-9(17)5-16)12(18)15-8-2-3-10(13)11(14)4-8/h2-4,7,9,16-17H,5-6,14H2,1H3,(H,15,18). The zero-order valence-electron chi connectivity index (χ0n) is 10.5. The van der Waals surface area contributed by atoms with Crippen LogP contribution in [0.4, 0.5) is 15.8 Å². The molecule has 1 rings (SSSR count). The second kappa shape index (κ2) is 7.32. The van der Waals surface area contributed by atoms with Crippen molar-refractivity contribution < 1.29 is 19.4 Å². The molecule has 0 aliphatic heterocycles. The van der Waals surface area contributed by atoms with Crippen LogP contribution in [0.2, 0.25) is 0 Å². The number of hydrogen-bond donors (Lipinski definition) is 4. The van der Waals surface area contributed by atoms with E-state index in [1.54, 1.807) is 6.92 Å². The Morgan fingerprint density at radius 3 is 2.84 bits per heavy atom. The molecular formula is C12H17FN2O3S. The molecule has 0 fully saturated rings. The average Bonchev–Trinajstić information content (AvgIpc) is 2.39. The molecule has 0 aliphatic carbocycles. The van der Waals surface area contributed by atoms with Crippen molar-refractivity contribution >= 4 is 29.0 Å². The minimum atomic E-state index is -0.846. The number of carbonyl (C=O) groups is 1. The van der Waals surface area contributed by atoms with E-state index in [9.17, 15) is 14.3 Å². The van der Waals surface area contributed by atoms with Crippen molar-refractivity contribution in [2.75, 3.05) is 23.4 Å². The number of thioether (sulfide) groups is 1. The molecule has 0 radical (unpaired) electrons. The highest BCUT2D eigenvalue weighted by molar-refractivity contribution is 8.00. The normalized spacial score (nSPS) is 13.9. The van der Waals surface area contributed by atoms with Gasteiger partial charge in [0.25, 0.3) is 0 Å². The molecule has 0 aromatic heterocycles.